The predicted molar refractivity (Wildman–Crippen MR) is 123 cm³/mol. The van der Waals surface area contributed by atoms with E-state index in [9.17, 15) is 14.4 Å². The molecule has 1 fully saturated rings. The third-order valence-electron chi connectivity index (χ3n) is 5.87. The average Bonchev–Trinajstić information content (AvgIpc) is 3.34. The summed E-state index contributed by atoms with van der Waals surface area (Å²) >= 11 is 0. The molecule has 1 unspecified atom stereocenters. The number of hydrogen-bond acceptors (Lipinski definition) is 7. The second-order valence-corrected chi connectivity index (χ2v) is 8.14. The van der Waals surface area contributed by atoms with Gasteiger partial charge in [0.2, 0.25) is 6.79 Å². The van der Waals surface area contributed by atoms with Crippen molar-refractivity contribution in [1.82, 2.24) is 9.80 Å². The van der Waals surface area contributed by atoms with E-state index in [1.165, 1.54) is 9.80 Å². The normalized spacial score (nSPS) is 15.5. The number of benzene rings is 2. The Kier molecular flexibility index (Phi) is 7.69. The molecule has 11 heteroatoms. The van der Waals surface area contributed by atoms with E-state index in [1.807, 2.05) is 42.5 Å². The Balaban J connectivity index is 1.47. The molecule has 2 amide bonds. The summed E-state index contributed by atoms with van der Waals surface area (Å²) in [5.74, 6) is -0.618. The molecule has 0 saturated carbocycles. The molecule has 35 heavy (non-hydrogen) atoms. The Morgan fingerprint density at radius 1 is 1.06 bits per heavy atom. The molecule has 1 saturated heterocycles. The van der Waals surface area contributed by atoms with Crippen LogP contribution in [0, 0.1) is 0 Å². The maximum absolute atomic E-state index is 13.0. The smallest absolute Gasteiger partial charge is 0.312 e. The maximum atomic E-state index is 13.0. The predicted octanol–water partition coefficient (Wildman–Crippen LogP) is 2.44. The van der Waals surface area contributed by atoms with Gasteiger partial charge in [-0.25, -0.2) is 0 Å². The SMILES string of the molecule is [N-]=[N+]=NCCN1CCN(C(CC(=O)OCc2ccccc2)Cc2ccc3c(c2)OCO3)C(=O)C1=O. The lowest BCUT2D eigenvalue weighted by molar-refractivity contribution is -0.159. The fourth-order valence-corrected chi connectivity index (χ4v) is 4.08. The van der Waals surface area contributed by atoms with Crippen LogP contribution >= 0.6 is 0 Å². The number of rotatable bonds is 10. The van der Waals surface area contributed by atoms with Crippen LogP contribution in [0.4, 0.5) is 0 Å². The first kappa shape index (κ1) is 23.9. The van der Waals surface area contributed by atoms with Crippen molar-refractivity contribution in [3.05, 3.63) is 70.1 Å². The van der Waals surface area contributed by atoms with Crippen LogP contribution in [0.1, 0.15) is 17.5 Å². The molecule has 11 nitrogen and oxygen atoms in total. The van der Waals surface area contributed by atoms with Crippen molar-refractivity contribution in [3.8, 4) is 11.5 Å². The molecule has 2 heterocycles. The monoisotopic (exact) mass is 479 g/mol. The molecule has 2 aliphatic rings. The summed E-state index contributed by atoms with van der Waals surface area (Å²) in [7, 11) is 0. The van der Waals surface area contributed by atoms with Crippen LogP contribution in [-0.2, 0) is 32.1 Å². The van der Waals surface area contributed by atoms with E-state index in [4.69, 9.17) is 19.7 Å². The van der Waals surface area contributed by atoms with Gasteiger partial charge in [-0.3, -0.25) is 14.4 Å². The summed E-state index contributed by atoms with van der Waals surface area (Å²) < 4.78 is 16.2. The van der Waals surface area contributed by atoms with Crippen LogP contribution in [0.15, 0.2) is 53.6 Å². The van der Waals surface area contributed by atoms with Gasteiger partial charge in [0, 0.05) is 37.1 Å². The number of piperazine rings is 1. The van der Waals surface area contributed by atoms with Crippen LogP contribution in [0.3, 0.4) is 0 Å². The second-order valence-electron chi connectivity index (χ2n) is 8.14. The highest BCUT2D eigenvalue weighted by atomic mass is 16.7. The highest BCUT2D eigenvalue weighted by Gasteiger charge is 2.37. The Bertz CT molecular complexity index is 1130. The van der Waals surface area contributed by atoms with Gasteiger partial charge in [-0.2, -0.15) is 0 Å². The van der Waals surface area contributed by atoms with Crippen molar-refractivity contribution in [2.24, 2.45) is 5.11 Å². The van der Waals surface area contributed by atoms with Crippen molar-refractivity contribution < 1.29 is 28.6 Å². The molecular formula is C24H25N5O6. The van der Waals surface area contributed by atoms with Gasteiger partial charge in [0.15, 0.2) is 11.5 Å². The minimum absolute atomic E-state index is 0.0704. The molecule has 2 aromatic carbocycles. The molecular weight excluding hydrogens is 454 g/mol. The molecule has 0 spiro atoms. The number of hydrogen-bond donors (Lipinski definition) is 0. The zero-order valence-electron chi connectivity index (χ0n) is 19.0. The van der Waals surface area contributed by atoms with Gasteiger partial charge in [0.05, 0.1) is 6.42 Å². The van der Waals surface area contributed by atoms with E-state index in [2.05, 4.69) is 10.0 Å². The number of esters is 1. The number of ether oxygens (including phenoxy) is 3. The zero-order chi connectivity index (χ0) is 24.6. The van der Waals surface area contributed by atoms with Crippen molar-refractivity contribution in [2.75, 3.05) is 33.0 Å². The van der Waals surface area contributed by atoms with E-state index < -0.39 is 23.8 Å². The van der Waals surface area contributed by atoms with E-state index in [-0.39, 0.29) is 46.0 Å². The summed E-state index contributed by atoms with van der Waals surface area (Å²) in [5.41, 5.74) is 10.1. The highest BCUT2D eigenvalue weighted by molar-refractivity contribution is 6.35. The topological polar surface area (TPSA) is 134 Å². The molecule has 2 aromatic rings. The summed E-state index contributed by atoms with van der Waals surface area (Å²) in [4.78, 5) is 43.9. The molecule has 0 radical (unpaired) electrons. The fraction of sp³-hybridized carbons (Fsp3) is 0.375. The Hall–Kier alpha value is -4.24. The van der Waals surface area contributed by atoms with Crippen LogP contribution < -0.4 is 9.47 Å². The summed E-state index contributed by atoms with van der Waals surface area (Å²) in [6.07, 6.45) is 0.258. The molecule has 0 N–H and O–H groups in total. The average molecular weight is 479 g/mol. The molecule has 0 bridgehead atoms. The fourth-order valence-electron chi connectivity index (χ4n) is 4.08. The number of fused-ring (bicyclic) bond motifs is 1. The summed E-state index contributed by atoms with van der Waals surface area (Å²) in [6, 6.07) is 14.2. The Labute approximate surface area is 201 Å². The molecule has 2 aliphatic heterocycles. The number of carbonyl (C=O) groups is 3. The molecule has 0 aromatic heterocycles. The summed E-state index contributed by atoms with van der Waals surface area (Å²) in [5, 5.41) is 3.43. The lowest BCUT2D eigenvalue weighted by Crippen LogP contribution is -2.58. The maximum Gasteiger partial charge on any atom is 0.312 e. The van der Waals surface area contributed by atoms with Crippen LogP contribution in [0.5, 0.6) is 11.5 Å². The molecule has 0 aliphatic carbocycles. The van der Waals surface area contributed by atoms with Crippen molar-refractivity contribution in [1.29, 1.82) is 0 Å². The van der Waals surface area contributed by atoms with Crippen molar-refractivity contribution in [2.45, 2.75) is 25.5 Å². The number of amides is 2. The van der Waals surface area contributed by atoms with Crippen LogP contribution in [0.2, 0.25) is 0 Å². The summed E-state index contributed by atoms with van der Waals surface area (Å²) in [6.45, 7) is 1.04. The third-order valence-corrected chi connectivity index (χ3v) is 5.87. The van der Waals surface area contributed by atoms with Crippen molar-refractivity contribution in [3.63, 3.8) is 0 Å². The van der Waals surface area contributed by atoms with Gasteiger partial charge < -0.3 is 24.0 Å². The largest absolute Gasteiger partial charge is 0.461 e. The first-order chi connectivity index (χ1) is 17.0. The first-order valence-electron chi connectivity index (χ1n) is 11.2. The van der Waals surface area contributed by atoms with Crippen LogP contribution in [0.25, 0.3) is 10.4 Å². The molecule has 4 rings (SSSR count). The minimum atomic E-state index is -0.696. The zero-order valence-corrected chi connectivity index (χ0v) is 19.0. The van der Waals surface area contributed by atoms with Gasteiger partial charge in [0.25, 0.3) is 0 Å². The number of azide groups is 1. The van der Waals surface area contributed by atoms with Crippen molar-refractivity contribution >= 4 is 17.8 Å². The second kappa shape index (κ2) is 11.3. The van der Waals surface area contributed by atoms with Gasteiger partial charge in [0.1, 0.15) is 6.61 Å². The first-order valence-corrected chi connectivity index (χ1v) is 11.2. The minimum Gasteiger partial charge on any atom is -0.461 e. The van der Waals surface area contributed by atoms with Gasteiger partial charge in [-0.1, -0.05) is 41.5 Å². The third kappa shape index (κ3) is 6.01. The Morgan fingerprint density at radius 2 is 1.86 bits per heavy atom. The van der Waals surface area contributed by atoms with Crippen LogP contribution in [-0.4, -0.2) is 66.6 Å². The number of nitrogens with zero attached hydrogens (tertiary/aromatic N) is 5. The lowest BCUT2D eigenvalue weighted by Gasteiger charge is -2.38. The highest BCUT2D eigenvalue weighted by Crippen LogP contribution is 2.33. The standard InChI is InChI=1S/C24H25N5O6/c25-27-26-8-9-28-10-11-29(24(32)23(28)31)19(12-18-6-7-20-21(13-18)35-16-34-20)14-22(30)33-15-17-4-2-1-3-5-17/h1-7,13,19H,8-12,14-16H2. The quantitative estimate of drug-likeness (QED) is 0.169. The van der Waals surface area contributed by atoms with Gasteiger partial charge in [-0.15, -0.1) is 0 Å². The van der Waals surface area contributed by atoms with E-state index in [0.29, 0.717) is 17.9 Å². The van der Waals surface area contributed by atoms with Gasteiger partial charge >= 0.3 is 17.8 Å². The molecule has 1 atom stereocenters. The van der Waals surface area contributed by atoms with E-state index >= 15 is 0 Å². The number of carbonyl (C=O) groups excluding carboxylic acids is 3. The lowest BCUT2D eigenvalue weighted by atomic mass is 10.00. The van der Waals surface area contributed by atoms with E-state index in [0.717, 1.165) is 11.1 Å². The van der Waals surface area contributed by atoms with Gasteiger partial charge in [-0.05, 0) is 35.2 Å². The van der Waals surface area contributed by atoms with E-state index in [1.54, 1.807) is 6.07 Å². The Morgan fingerprint density at radius 3 is 2.66 bits per heavy atom. The molecule has 182 valence electrons.